The van der Waals surface area contributed by atoms with E-state index in [0.717, 1.165) is 50.3 Å². The average Bonchev–Trinajstić information content (AvgIpc) is 3.42. The Labute approximate surface area is 289 Å². The summed E-state index contributed by atoms with van der Waals surface area (Å²) in [5.41, 5.74) is 9.82. The Kier molecular flexibility index (Phi) is 9.87. The summed E-state index contributed by atoms with van der Waals surface area (Å²) in [6, 6.07) is 20.4. The zero-order valence-corrected chi connectivity index (χ0v) is 29.8. The lowest BCUT2D eigenvalue weighted by atomic mass is 9.61. The number of unbranched alkanes of at least 4 members (excludes halogenated alkanes) is 10. The highest BCUT2D eigenvalue weighted by atomic mass is 16.5. The van der Waals surface area contributed by atoms with Crippen molar-refractivity contribution < 1.29 is 9.53 Å². The molecule has 5 nitrogen and oxygen atoms in total. The van der Waals surface area contributed by atoms with E-state index in [1.54, 1.807) is 0 Å². The van der Waals surface area contributed by atoms with Crippen LogP contribution in [0.2, 0.25) is 0 Å². The Morgan fingerprint density at radius 1 is 0.667 bits per heavy atom. The fourth-order valence-electron chi connectivity index (χ4n) is 8.52. The van der Waals surface area contributed by atoms with Crippen LogP contribution in [0.15, 0.2) is 54.6 Å². The van der Waals surface area contributed by atoms with E-state index in [1.807, 2.05) is 6.07 Å². The van der Waals surface area contributed by atoms with Gasteiger partial charge in [-0.05, 0) is 89.0 Å². The zero-order chi connectivity index (χ0) is 33.1. The number of carbonyl (C=O) groups excluding carboxylic acids is 1. The molecule has 2 saturated heterocycles. The smallest absolute Gasteiger partial charge is 0.251 e. The van der Waals surface area contributed by atoms with Gasteiger partial charge in [-0.1, -0.05) is 103 Å². The number of nitrogens with one attached hydrogen (secondary N) is 1. The fraction of sp³-hybridized carbons (Fsp3) is 0.558. The van der Waals surface area contributed by atoms with Crippen LogP contribution in [0.25, 0.3) is 0 Å². The van der Waals surface area contributed by atoms with E-state index in [4.69, 9.17) is 4.74 Å². The molecular weight excluding hydrogens is 590 g/mol. The Hall–Kier alpha value is -3.31. The summed E-state index contributed by atoms with van der Waals surface area (Å²) in [6.45, 7) is 12.8. The number of nitrogens with zero attached hydrogens (tertiary/aromatic N) is 2. The molecule has 2 fully saturated rings. The monoisotopic (exact) mass is 647 g/mol. The minimum Gasteiger partial charge on any atom is -0.371 e. The lowest BCUT2D eigenvalue weighted by Crippen LogP contribution is -2.43. The number of carbonyl (C=O) groups is 1. The molecular formula is C43H57N3O2. The molecule has 0 saturated carbocycles. The molecule has 0 radical (unpaired) electrons. The quantitative estimate of drug-likeness (QED) is 0.167. The number of benzene rings is 3. The summed E-state index contributed by atoms with van der Waals surface area (Å²) in [4.78, 5) is 18.5. The second-order valence-electron chi connectivity index (χ2n) is 15.4. The molecule has 4 aliphatic rings. The van der Waals surface area contributed by atoms with Crippen molar-refractivity contribution >= 4 is 17.3 Å². The molecule has 48 heavy (non-hydrogen) atoms. The van der Waals surface area contributed by atoms with Crippen molar-refractivity contribution in [2.75, 3.05) is 42.5 Å². The maximum atomic E-state index is 13.5. The van der Waals surface area contributed by atoms with Crippen LogP contribution in [0, 0.1) is 0 Å². The first-order chi connectivity index (χ1) is 23.4. The highest BCUT2D eigenvalue weighted by Crippen LogP contribution is 2.57. The predicted molar refractivity (Wildman–Crippen MR) is 199 cm³/mol. The molecule has 0 unspecified atom stereocenters. The molecule has 0 bridgehead atoms. The molecule has 7 rings (SSSR count). The number of rotatable bonds is 15. The van der Waals surface area contributed by atoms with Gasteiger partial charge < -0.3 is 19.9 Å². The van der Waals surface area contributed by atoms with Crippen LogP contribution in [0.4, 0.5) is 11.4 Å². The molecule has 1 amide bonds. The van der Waals surface area contributed by atoms with Gasteiger partial charge in [-0.2, -0.15) is 0 Å². The molecule has 1 aliphatic carbocycles. The molecule has 5 heteroatoms. The van der Waals surface area contributed by atoms with Crippen LogP contribution in [0.1, 0.15) is 148 Å². The van der Waals surface area contributed by atoms with Crippen LogP contribution >= 0.6 is 0 Å². The van der Waals surface area contributed by atoms with Gasteiger partial charge in [0.15, 0.2) is 0 Å². The molecule has 3 aromatic rings. The Morgan fingerprint density at radius 3 is 1.73 bits per heavy atom. The Morgan fingerprint density at radius 2 is 1.21 bits per heavy atom. The third kappa shape index (κ3) is 6.17. The highest BCUT2D eigenvalue weighted by Gasteiger charge is 2.52. The number of hydrogen-bond acceptors (Lipinski definition) is 4. The van der Waals surface area contributed by atoms with Crippen molar-refractivity contribution in [1.82, 2.24) is 5.32 Å². The average molecular weight is 648 g/mol. The van der Waals surface area contributed by atoms with Crippen LogP contribution in [0.5, 0.6) is 0 Å². The van der Waals surface area contributed by atoms with Crippen LogP contribution in [-0.2, 0) is 22.4 Å². The summed E-state index contributed by atoms with van der Waals surface area (Å²) in [6.07, 6.45) is 16.9. The van der Waals surface area contributed by atoms with Gasteiger partial charge in [-0.25, -0.2) is 0 Å². The fourth-order valence-corrected chi connectivity index (χ4v) is 8.52. The number of hydrogen-bond donors (Lipinski definition) is 1. The van der Waals surface area contributed by atoms with Gasteiger partial charge in [0.1, 0.15) is 5.60 Å². The van der Waals surface area contributed by atoms with Crippen molar-refractivity contribution in [3.63, 3.8) is 0 Å². The van der Waals surface area contributed by atoms with E-state index in [0.29, 0.717) is 6.61 Å². The number of fused-ring (bicyclic) bond motifs is 6. The van der Waals surface area contributed by atoms with Gasteiger partial charge in [-0.3, -0.25) is 4.79 Å². The molecule has 3 aromatic carbocycles. The molecule has 3 aliphatic heterocycles. The van der Waals surface area contributed by atoms with E-state index in [-0.39, 0.29) is 11.3 Å². The highest BCUT2D eigenvalue weighted by molar-refractivity contribution is 5.94. The van der Waals surface area contributed by atoms with Gasteiger partial charge in [0.25, 0.3) is 5.91 Å². The van der Waals surface area contributed by atoms with Crippen molar-refractivity contribution in [2.45, 2.75) is 122 Å². The normalized spacial score (nSPS) is 18.1. The standard InChI is InChI=1S/C43H57N3O2/c1-4-5-6-7-8-9-10-11-12-13-14-23-44-41(47)32-17-18-33-31-48-43(38(33)28-32)36-21-19-34(45-24-15-25-45)29-39(36)42(2,3)40-30-35(20-22-37(40)43)46-26-16-27-46/h17-22,28-30H,4-16,23-27,31H2,1-3H3,(H,44,47). The van der Waals surface area contributed by atoms with E-state index < -0.39 is 5.60 Å². The van der Waals surface area contributed by atoms with Gasteiger partial charge in [0.2, 0.25) is 0 Å². The molecule has 0 aromatic heterocycles. The lowest BCUT2D eigenvalue weighted by molar-refractivity contribution is 0.0219. The van der Waals surface area contributed by atoms with Crippen molar-refractivity contribution in [3.05, 3.63) is 93.5 Å². The summed E-state index contributed by atoms with van der Waals surface area (Å²) < 4.78 is 7.03. The first-order valence-corrected chi connectivity index (χ1v) is 19.3. The Bertz CT molecular complexity index is 1530. The third-order valence-corrected chi connectivity index (χ3v) is 11.8. The van der Waals surface area contributed by atoms with Gasteiger partial charge >= 0.3 is 0 Å². The molecule has 256 valence electrons. The first kappa shape index (κ1) is 33.2. The summed E-state index contributed by atoms with van der Waals surface area (Å²) >= 11 is 0. The predicted octanol–water partition coefficient (Wildman–Crippen LogP) is 9.61. The Balaban J connectivity index is 1.10. The molecule has 1 spiro atoms. The second-order valence-corrected chi connectivity index (χ2v) is 15.4. The van der Waals surface area contributed by atoms with E-state index in [1.165, 1.54) is 116 Å². The number of anilines is 2. The summed E-state index contributed by atoms with van der Waals surface area (Å²) in [5, 5.41) is 3.24. The van der Waals surface area contributed by atoms with E-state index in [9.17, 15) is 4.79 Å². The lowest BCUT2D eigenvalue weighted by Gasteiger charge is -2.47. The maximum Gasteiger partial charge on any atom is 0.251 e. The summed E-state index contributed by atoms with van der Waals surface area (Å²) in [5.74, 6) is 0.0183. The molecule has 3 heterocycles. The second kappa shape index (κ2) is 14.3. The van der Waals surface area contributed by atoms with Crippen molar-refractivity contribution in [2.24, 2.45) is 0 Å². The van der Waals surface area contributed by atoms with Gasteiger partial charge in [0, 0.05) is 55.1 Å². The largest absolute Gasteiger partial charge is 0.371 e. The zero-order valence-electron chi connectivity index (χ0n) is 29.8. The summed E-state index contributed by atoms with van der Waals surface area (Å²) in [7, 11) is 0. The third-order valence-electron chi connectivity index (χ3n) is 11.8. The minimum absolute atomic E-state index is 0.0183. The van der Waals surface area contributed by atoms with Gasteiger partial charge in [0.05, 0.1) is 6.61 Å². The first-order valence-electron chi connectivity index (χ1n) is 19.3. The van der Waals surface area contributed by atoms with Crippen LogP contribution in [-0.4, -0.2) is 38.6 Å². The molecule has 1 N–H and O–H groups in total. The number of ether oxygens (including phenoxy) is 1. The maximum absolute atomic E-state index is 13.5. The molecule has 0 atom stereocenters. The van der Waals surface area contributed by atoms with Gasteiger partial charge in [-0.15, -0.1) is 0 Å². The SMILES string of the molecule is CCCCCCCCCCCCCNC(=O)c1ccc2c(c1)C1(OC2)c2ccc(N3CCC3)cc2C(C)(C)c2cc(N3CCC3)ccc21. The topological polar surface area (TPSA) is 44.8 Å². The van der Waals surface area contributed by atoms with Crippen LogP contribution in [0.3, 0.4) is 0 Å². The van der Waals surface area contributed by atoms with Crippen molar-refractivity contribution in [3.8, 4) is 0 Å². The minimum atomic E-state index is -0.733. The van der Waals surface area contributed by atoms with Crippen LogP contribution < -0.4 is 15.1 Å². The van der Waals surface area contributed by atoms with E-state index >= 15 is 0 Å². The van der Waals surface area contributed by atoms with Crippen molar-refractivity contribution in [1.29, 1.82) is 0 Å². The number of amides is 1. The van der Waals surface area contributed by atoms with E-state index in [2.05, 4.69) is 84.4 Å².